The Labute approximate surface area is 206 Å². The van der Waals surface area contributed by atoms with Crippen LogP contribution in [-0.4, -0.2) is 57.1 Å². The second-order valence-corrected chi connectivity index (χ2v) is 10.6. The lowest BCUT2D eigenvalue weighted by Crippen LogP contribution is -2.49. The zero-order valence-corrected chi connectivity index (χ0v) is 20.3. The Balaban J connectivity index is 1.29. The zero-order chi connectivity index (χ0) is 24.7. The summed E-state index contributed by atoms with van der Waals surface area (Å²) in [4.78, 5) is 14.9. The maximum atomic E-state index is 14.0. The summed E-state index contributed by atoms with van der Waals surface area (Å²) in [5.74, 6) is -0.962. The second kappa shape index (κ2) is 11.5. The third-order valence-electron chi connectivity index (χ3n) is 6.23. The molecule has 1 N–H and O–H groups in total. The van der Waals surface area contributed by atoms with Crippen LogP contribution in [0.1, 0.15) is 23.5 Å². The Kier molecular flexibility index (Phi) is 8.15. The molecule has 0 aromatic heterocycles. The molecule has 1 saturated heterocycles. The van der Waals surface area contributed by atoms with Crippen molar-refractivity contribution < 1.29 is 17.6 Å². The molecule has 1 aliphatic rings. The number of benzene rings is 3. The Morgan fingerprint density at radius 1 is 0.829 bits per heavy atom. The van der Waals surface area contributed by atoms with Gasteiger partial charge in [0.05, 0.1) is 17.4 Å². The summed E-state index contributed by atoms with van der Waals surface area (Å²) < 4.78 is 41.2. The third-order valence-corrected chi connectivity index (χ3v) is 8.19. The van der Waals surface area contributed by atoms with Crippen LogP contribution in [0.2, 0.25) is 0 Å². The molecule has 0 unspecified atom stereocenters. The normalized spacial score (nSPS) is 14.7. The molecule has 6 nitrogen and oxygen atoms in total. The number of para-hydroxylation sites is 1. The fourth-order valence-electron chi connectivity index (χ4n) is 4.40. The largest absolute Gasteiger partial charge is 0.367 e. The summed E-state index contributed by atoms with van der Waals surface area (Å²) in [6, 6.07) is 25.6. The van der Waals surface area contributed by atoms with Gasteiger partial charge in [0.25, 0.3) is 0 Å². The van der Waals surface area contributed by atoms with Gasteiger partial charge in [0.15, 0.2) is 0 Å². The van der Waals surface area contributed by atoms with Crippen LogP contribution in [0.5, 0.6) is 0 Å². The van der Waals surface area contributed by atoms with Crippen LogP contribution < -0.4 is 10.2 Å². The van der Waals surface area contributed by atoms with Crippen molar-refractivity contribution in [3.8, 4) is 0 Å². The van der Waals surface area contributed by atoms with E-state index in [4.69, 9.17) is 0 Å². The van der Waals surface area contributed by atoms with Crippen molar-refractivity contribution in [1.29, 1.82) is 0 Å². The maximum absolute atomic E-state index is 14.0. The molecular weight excluding hydrogens is 465 g/mol. The minimum Gasteiger partial charge on any atom is -0.367 e. The van der Waals surface area contributed by atoms with E-state index in [0.29, 0.717) is 38.3 Å². The number of hydrogen-bond acceptors (Lipinski definition) is 4. The van der Waals surface area contributed by atoms with Crippen molar-refractivity contribution >= 4 is 21.6 Å². The number of anilines is 1. The molecule has 1 fully saturated rings. The SMILES string of the molecule is O=C(NCCCS(=O)(=O)N1CCN(c2ccccc2F)CC1)C(c1ccccc1)c1ccccc1. The van der Waals surface area contributed by atoms with Gasteiger partial charge in [-0.2, -0.15) is 4.31 Å². The van der Waals surface area contributed by atoms with Crippen LogP contribution in [0.25, 0.3) is 0 Å². The van der Waals surface area contributed by atoms with Crippen molar-refractivity contribution in [2.75, 3.05) is 43.4 Å². The molecule has 3 aromatic rings. The number of amides is 1. The first-order valence-electron chi connectivity index (χ1n) is 11.8. The molecular formula is C27H30FN3O3S. The number of nitrogens with one attached hydrogen (secondary N) is 1. The van der Waals surface area contributed by atoms with Gasteiger partial charge < -0.3 is 10.2 Å². The standard InChI is InChI=1S/C27H30FN3O3S/c28-24-14-7-8-15-25(24)30-17-19-31(20-18-30)35(33,34)21-9-16-29-27(32)26(22-10-3-1-4-11-22)23-12-5-2-6-13-23/h1-8,10-15,26H,9,16-21H2,(H,29,32). The Hall–Kier alpha value is -3.23. The van der Waals surface area contributed by atoms with E-state index in [9.17, 15) is 17.6 Å². The van der Waals surface area contributed by atoms with Crippen LogP contribution in [0.15, 0.2) is 84.9 Å². The molecule has 1 aliphatic heterocycles. The van der Waals surface area contributed by atoms with Crippen LogP contribution in [0.3, 0.4) is 0 Å². The predicted molar refractivity (Wildman–Crippen MR) is 136 cm³/mol. The minimum absolute atomic E-state index is 0.0473. The monoisotopic (exact) mass is 495 g/mol. The van der Waals surface area contributed by atoms with Gasteiger partial charge in [-0.3, -0.25) is 4.79 Å². The van der Waals surface area contributed by atoms with Gasteiger partial charge in [-0.05, 0) is 29.7 Å². The molecule has 1 heterocycles. The molecule has 3 aromatic carbocycles. The van der Waals surface area contributed by atoms with E-state index < -0.39 is 15.9 Å². The van der Waals surface area contributed by atoms with Gasteiger partial charge in [-0.15, -0.1) is 0 Å². The number of carbonyl (C=O) groups is 1. The summed E-state index contributed by atoms with van der Waals surface area (Å²) >= 11 is 0. The smallest absolute Gasteiger partial charge is 0.232 e. The first kappa shape index (κ1) is 24.9. The van der Waals surface area contributed by atoms with Gasteiger partial charge in [0, 0.05) is 32.7 Å². The molecule has 0 radical (unpaired) electrons. The molecule has 184 valence electrons. The molecule has 0 saturated carbocycles. The highest BCUT2D eigenvalue weighted by Gasteiger charge is 2.28. The fourth-order valence-corrected chi connectivity index (χ4v) is 5.89. The number of sulfonamides is 1. The maximum Gasteiger partial charge on any atom is 0.232 e. The van der Waals surface area contributed by atoms with Crippen LogP contribution in [-0.2, 0) is 14.8 Å². The number of rotatable bonds is 9. The van der Waals surface area contributed by atoms with E-state index in [1.807, 2.05) is 65.6 Å². The van der Waals surface area contributed by atoms with Gasteiger partial charge in [0.2, 0.25) is 15.9 Å². The van der Waals surface area contributed by atoms with Gasteiger partial charge >= 0.3 is 0 Å². The minimum atomic E-state index is -3.46. The molecule has 0 spiro atoms. The van der Waals surface area contributed by atoms with Crippen LogP contribution >= 0.6 is 0 Å². The average Bonchev–Trinajstić information content (AvgIpc) is 2.88. The zero-order valence-electron chi connectivity index (χ0n) is 19.5. The summed E-state index contributed by atoms with van der Waals surface area (Å²) in [7, 11) is -3.46. The second-order valence-electron chi connectivity index (χ2n) is 8.55. The lowest BCUT2D eigenvalue weighted by Gasteiger charge is -2.35. The van der Waals surface area contributed by atoms with Crippen LogP contribution in [0, 0.1) is 5.82 Å². The Bertz CT molecular complexity index is 1180. The van der Waals surface area contributed by atoms with Gasteiger partial charge in [-0.25, -0.2) is 12.8 Å². The first-order valence-corrected chi connectivity index (χ1v) is 13.4. The van der Waals surface area contributed by atoms with Crippen molar-refractivity contribution in [3.05, 3.63) is 102 Å². The molecule has 0 bridgehead atoms. The molecule has 0 aliphatic carbocycles. The average molecular weight is 496 g/mol. The topological polar surface area (TPSA) is 69.7 Å². The highest BCUT2D eigenvalue weighted by atomic mass is 32.2. The van der Waals surface area contributed by atoms with Crippen molar-refractivity contribution in [2.45, 2.75) is 12.3 Å². The van der Waals surface area contributed by atoms with Gasteiger partial charge in [0.1, 0.15) is 5.82 Å². The van der Waals surface area contributed by atoms with E-state index in [1.54, 1.807) is 18.2 Å². The van der Waals surface area contributed by atoms with Crippen molar-refractivity contribution in [2.24, 2.45) is 0 Å². The van der Waals surface area contributed by atoms with E-state index in [2.05, 4.69) is 5.32 Å². The van der Waals surface area contributed by atoms with E-state index >= 15 is 0 Å². The predicted octanol–water partition coefficient (Wildman–Crippen LogP) is 3.62. The highest BCUT2D eigenvalue weighted by molar-refractivity contribution is 7.89. The molecule has 0 atom stereocenters. The van der Waals surface area contributed by atoms with E-state index in [-0.39, 0.29) is 24.0 Å². The Morgan fingerprint density at radius 3 is 1.94 bits per heavy atom. The quantitative estimate of drug-likeness (QED) is 0.461. The third kappa shape index (κ3) is 6.26. The summed E-state index contributed by atoms with van der Waals surface area (Å²) in [6.07, 6.45) is 0.317. The lowest BCUT2D eigenvalue weighted by molar-refractivity contribution is -0.121. The van der Waals surface area contributed by atoms with Crippen LogP contribution in [0.4, 0.5) is 10.1 Å². The van der Waals surface area contributed by atoms with Gasteiger partial charge in [-0.1, -0.05) is 72.8 Å². The van der Waals surface area contributed by atoms with E-state index in [1.165, 1.54) is 10.4 Å². The molecule has 35 heavy (non-hydrogen) atoms. The summed E-state index contributed by atoms with van der Waals surface area (Å²) in [5, 5.41) is 2.92. The number of hydrogen-bond donors (Lipinski definition) is 1. The number of nitrogens with zero attached hydrogens (tertiary/aromatic N) is 2. The van der Waals surface area contributed by atoms with Crippen molar-refractivity contribution in [3.63, 3.8) is 0 Å². The summed E-state index contributed by atoms with van der Waals surface area (Å²) in [6.45, 7) is 1.77. The highest BCUT2D eigenvalue weighted by Crippen LogP contribution is 2.25. The fraction of sp³-hybridized carbons (Fsp3) is 0.296. The number of halogens is 1. The van der Waals surface area contributed by atoms with Crippen molar-refractivity contribution in [1.82, 2.24) is 9.62 Å². The molecule has 1 amide bonds. The summed E-state index contributed by atoms with van der Waals surface area (Å²) in [5.41, 5.74) is 2.27. The number of piperazine rings is 1. The molecule has 8 heteroatoms. The molecule has 4 rings (SSSR count). The first-order chi connectivity index (χ1) is 17.0. The Morgan fingerprint density at radius 2 is 1.37 bits per heavy atom. The van der Waals surface area contributed by atoms with E-state index in [0.717, 1.165) is 11.1 Å². The lowest BCUT2D eigenvalue weighted by atomic mass is 9.90. The number of carbonyl (C=O) groups excluding carboxylic acids is 1.